The molecule has 0 radical (unpaired) electrons. The molecule has 0 unspecified atom stereocenters. The Labute approximate surface area is 84.9 Å². The minimum atomic E-state index is -0.141. The molecule has 1 heterocycles. The van der Waals surface area contributed by atoms with Crippen LogP contribution >= 0.6 is 0 Å². The van der Waals surface area contributed by atoms with E-state index in [0.29, 0.717) is 0 Å². The van der Waals surface area contributed by atoms with Crippen molar-refractivity contribution in [2.45, 2.75) is 32.2 Å². The lowest BCUT2D eigenvalue weighted by molar-refractivity contribution is 0.417. The second-order valence-electron chi connectivity index (χ2n) is 3.53. The maximum absolute atomic E-state index is 6.13. The van der Waals surface area contributed by atoms with Crippen LogP contribution in [0.25, 0.3) is 0 Å². The third-order valence-corrected chi connectivity index (χ3v) is 2.60. The quantitative estimate of drug-likeness (QED) is 0.743. The Hall–Kier alpha value is -1.16. The van der Waals surface area contributed by atoms with E-state index in [1.807, 2.05) is 12.1 Å². The smallest absolute Gasteiger partial charge is 0.148 e. The second kappa shape index (κ2) is 4.91. The lowest BCUT2D eigenvalue weighted by atomic mass is 9.94. The van der Waals surface area contributed by atoms with Crippen molar-refractivity contribution in [2.75, 3.05) is 11.9 Å². The van der Waals surface area contributed by atoms with Crippen LogP contribution in [-0.4, -0.2) is 22.3 Å². The number of anilines is 1. The van der Waals surface area contributed by atoms with Crippen LogP contribution in [-0.2, 0) is 0 Å². The molecule has 1 aromatic heterocycles. The van der Waals surface area contributed by atoms with E-state index in [2.05, 4.69) is 29.4 Å². The first-order valence-electron chi connectivity index (χ1n) is 5.00. The lowest BCUT2D eigenvalue weighted by Crippen LogP contribution is -2.45. The van der Waals surface area contributed by atoms with Gasteiger partial charge in [-0.3, -0.25) is 0 Å². The van der Waals surface area contributed by atoms with Crippen LogP contribution in [0.5, 0.6) is 0 Å². The van der Waals surface area contributed by atoms with Crippen molar-refractivity contribution in [3.8, 4) is 0 Å². The highest BCUT2D eigenvalue weighted by molar-refractivity contribution is 5.32. The molecule has 0 amide bonds. The van der Waals surface area contributed by atoms with Gasteiger partial charge in [0.2, 0.25) is 0 Å². The summed E-state index contributed by atoms with van der Waals surface area (Å²) in [5, 5.41) is 10.9. The third kappa shape index (κ3) is 2.96. The Bertz CT molecular complexity index is 256. The van der Waals surface area contributed by atoms with Gasteiger partial charge in [0.1, 0.15) is 5.82 Å². The fraction of sp³-hybridized carbons (Fsp3) is 0.600. The summed E-state index contributed by atoms with van der Waals surface area (Å²) in [5.41, 5.74) is 5.99. The first kappa shape index (κ1) is 10.9. The van der Waals surface area contributed by atoms with Gasteiger partial charge >= 0.3 is 0 Å². The van der Waals surface area contributed by atoms with Crippen molar-refractivity contribution in [2.24, 2.45) is 5.73 Å². The van der Waals surface area contributed by atoms with Crippen molar-refractivity contribution >= 4 is 5.82 Å². The minimum absolute atomic E-state index is 0.141. The molecule has 0 aromatic carbocycles. The van der Waals surface area contributed by atoms with Gasteiger partial charge in [0.15, 0.2) is 0 Å². The van der Waals surface area contributed by atoms with E-state index < -0.39 is 0 Å². The molecular weight excluding hydrogens is 176 g/mol. The summed E-state index contributed by atoms with van der Waals surface area (Å²) in [6, 6.07) is 3.74. The van der Waals surface area contributed by atoms with E-state index in [0.717, 1.165) is 25.2 Å². The van der Waals surface area contributed by atoms with Gasteiger partial charge in [-0.25, -0.2) is 0 Å². The van der Waals surface area contributed by atoms with Crippen LogP contribution in [0.2, 0.25) is 0 Å². The second-order valence-corrected chi connectivity index (χ2v) is 3.53. The van der Waals surface area contributed by atoms with E-state index in [9.17, 15) is 0 Å². The summed E-state index contributed by atoms with van der Waals surface area (Å²) in [6.45, 7) is 4.93. The zero-order valence-corrected chi connectivity index (χ0v) is 8.83. The average Bonchev–Trinajstić information content (AvgIpc) is 2.27. The van der Waals surface area contributed by atoms with Gasteiger partial charge in [0.25, 0.3) is 0 Å². The van der Waals surface area contributed by atoms with Gasteiger partial charge in [-0.05, 0) is 25.0 Å². The molecule has 0 fully saturated rings. The maximum atomic E-state index is 6.13. The predicted octanol–water partition coefficient (Wildman–Crippen LogP) is 1.41. The molecule has 0 saturated heterocycles. The zero-order chi connectivity index (χ0) is 10.4. The number of rotatable bonds is 5. The predicted molar refractivity (Wildman–Crippen MR) is 58.0 cm³/mol. The lowest BCUT2D eigenvalue weighted by Gasteiger charge is -2.26. The fourth-order valence-corrected chi connectivity index (χ4v) is 1.16. The number of aromatic nitrogens is 2. The Morgan fingerprint density at radius 1 is 1.43 bits per heavy atom. The third-order valence-electron chi connectivity index (χ3n) is 2.60. The Kier molecular flexibility index (Phi) is 3.83. The molecule has 0 aliphatic carbocycles. The van der Waals surface area contributed by atoms with Gasteiger partial charge in [-0.2, -0.15) is 5.10 Å². The van der Waals surface area contributed by atoms with Crippen LogP contribution < -0.4 is 11.1 Å². The summed E-state index contributed by atoms with van der Waals surface area (Å²) >= 11 is 0. The molecule has 4 nitrogen and oxygen atoms in total. The van der Waals surface area contributed by atoms with E-state index in [1.165, 1.54) is 0 Å². The molecule has 0 aliphatic rings. The standard InChI is InChI=1S/C10H18N4/c1-3-10(11,4-2)8-12-9-6-5-7-13-14-9/h5-7H,3-4,8,11H2,1-2H3,(H,12,14). The van der Waals surface area contributed by atoms with Gasteiger partial charge in [0, 0.05) is 18.3 Å². The topological polar surface area (TPSA) is 63.8 Å². The van der Waals surface area contributed by atoms with Gasteiger partial charge in [0.05, 0.1) is 0 Å². The summed E-state index contributed by atoms with van der Waals surface area (Å²) in [4.78, 5) is 0. The Balaban J connectivity index is 2.48. The summed E-state index contributed by atoms with van der Waals surface area (Å²) in [5.74, 6) is 0.782. The molecule has 4 heteroatoms. The van der Waals surface area contributed by atoms with Crippen molar-refractivity contribution in [3.05, 3.63) is 18.3 Å². The largest absolute Gasteiger partial charge is 0.367 e. The summed E-state index contributed by atoms with van der Waals surface area (Å²) < 4.78 is 0. The first-order chi connectivity index (χ1) is 6.70. The number of hydrogen-bond donors (Lipinski definition) is 2. The monoisotopic (exact) mass is 194 g/mol. The number of nitrogens with two attached hydrogens (primary N) is 1. The highest BCUT2D eigenvalue weighted by Gasteiger charge is 2.19. The van der Waals surface area contributed by atoms with Gasteiger partial charge < -0.3 is 11.1 Å². The van der Waals surface area contributed by atoms with E-state index in [1.54, 1.807) is 6.20 Å². The molecule has 0 spiro atoms. The molecule has 3 N–H and O–H groups in total. The molecule has 0 atom stereocenters. The molecule has 14 heavy (non-hydrogen) atoms. The molecule has 78 valence electrons. The molecule has 0 saturated carbocycles. The fourth-order valence-electron chi connectivity index (χ4n) is 1.16. The molecular formula is C10H18N4. The molecule has 0 bridgehead atoms. The van der Waals surface area contributed by atoms with Crippen LogP contribution in [0, 0.1) is 0 Å². The highest BCUT2D eigenvalue weighted by Crippen LogP contribution is 2.11. The normalized spacial score (nSPS) is 11.4. The van der Waals surface area contributed by atoms with Crippen molar-refractivity contribution in [1.29, 1.82) is 0 Å². The van der Waals surface area contributed by atoms with E-state index >= 15 is 0 Å². The maximum Gasteiger partial charge on any atom is 0.148 e. The Morgan fingerprint density at radius 2 is 2.14 bits per heavy atom. The summed E-state index contributed by atoms with van der Waals surface area (Å²) in [6.07, 6.45) is 3.56. The first-order valence-corrected chi connectivity index (χ1v) is 5.00. The van der Waals surface area contributed by atoms with Crippen molar-refractivity contribution < 1.29 is 0 Å². The van der Waals surface area contributed by atoms with Crippen molar-refractivity contribution in [1.82, 2.24) is 10.2 Å². The van der Waals surface area contributed by atoms with E-state index in [-0.39, 0.29) is 5.54 Å². The van der Waals surface area contributed by atoms with Gasteiger partial charge in [-0.15, -0.1) is 5.10 Å². The van der Waals surface area contributed by atoms with Crippen LogP contribution in [0.15, 0.2) is 18.3 Å². The van der Waals surface area contributed by atoms with E-state index in [4.69, 9.17) is 5.73 Å². The molecule has 1 aromatic rings. The van der Waals surface area contributed by atoms with Gasteiger partial charge in [-0.1, -0.05) is 13.8 Å². The van der Waals surface area contributed by atoms with Crippen LogP contribution in [0.4, 0.5) is 5.82 Å². The number of hydrogen-bond acceptors (Lipinski definition) is 4. The number of nitrogens with zero attached hydrogens (tertiary/aromatic N) is 2. The molecule has 0 aliphatic heterocycles. The minimum Gasteiger partial charge on any atom is -0.367 e. The zero-order valence-electron chi connectivity index (χ0n) is 8.83. The SMILES string of the molecule is CCC(N)(CC)CNc1cccnn1. The highest BCUT2D eigenvalue weighted by atomic mass is 15.2. The average molecular weight is 194 g/mol. The molecule has 1 rings (SSSR count). The Morgan fingerprint density at radius 3 is 2.64 bits per heavy atom. The van der Waals surface area contributed by atoms with Crippen LogP contribution in [0.1, 0.15) is 26.7 Å². The number of nitrogens with one attached hydrogen (secondary N) is 1. The van der Waals surface area contributed by atoms with Crippen LogP contribution in [0.3, 0.4) is 0 Å². The summed E-state index contributed by atoms with van der Waals surface area (Å²) in [7, 11) is 0. The van der Waals surface area contributed by atoms with Crippen molar-refractivity contribution in [3.63, 3.8) is 0 Å².